The first-order valence-electron chi connectivity index (χ1n) is 2.91. The SMILES string of the molecule is CCN([C-]=N)C(C)C.[K+]. The molecule has 0 rings (SSSR count). The summed E-state index contributed by atoms with van der Waals surface area (Å²) in [5.41, 5.74) is 0. The van der Waals surface area contributed by atoms with Gasteiger partial charge in [-0.05, 0) is 26.4 Å². The van der Waals surface area contributed by atoms with Gasteiger partial charge in [0.25, 0.3) is 0 Å². The van der Waals surface area contributed by atoms with Crippen LogP contribution in [0.25, 0.3) is 0 Å². The average Bonchev–Trinajstić information content (AvgIpc) is 1.69. The number of hydrogen-bond donors (Lipinski definition) is 1. The molecule has 0 aliphatic heterocycles. The van der Waals surface area contributed by atoms with Gasteiger partial charge in [-0.25, -0.2) is 0 Å². The molecule has 0 aliphatic rings. The Labute approximate surface area is 99.9 Å². The zero-order chi connectivity index (χ0) is 6.57. The van der Waals surface area contributed by atoms with Crippen LogP contribution in [-0.2, 0) is 0 Å². The van der Waals surface area contributed by atoms with Gasteiger partial charge in [0.05, 0.1) is 0 Å². The summed E-state index contributed by atoms with van der Waals surface area (Å²) < 4.78 is 0. The zero-order valence-corrected chi connectivity index (χ0v) is 9.85. The van der Waals surface area contributed by atoms with E-state index in [-0.39, 0.29) is 51.4 Å². The van der Waals surface area contributed by atoms with E-state index in [1.54, 1.807) is 0 Å². The maximum absolute atomic E-state index is 6.77. The summed E-state index contributed by atoms with van der Waals surface area (Å²) in [6.07, 6.45) is 2.33. The molecule has 0 amide bonds. The standard InChI is InChI=1S/C6H13N2.K/c1-4-8(5-7)6(2)3;/h6-7H,4H2,1-3H3;/q-1;+1. The number of nitrogens with zero attached hydrogens (tertiary/aromatic N) is 1. The Morgan fingerprint density at radius 2 is 2.00 bits per heavy atom. The molecule has 0 fully saturated rings. The van der Waals surface area contributed by atoms with Crippen LogP contribution in [0, 0.1) is 5.41 Å². The van der Waals surface area contributed by atoms with Crippen molar-refractivity contribution < 1.29 is 51.4 Å². The van der Waals surface area contributed by atoms with Crippen molar-refractivity contribution in [3.63, 3.8) is 0 Å². The largest absolute Gasteiger partial charge is 1.00 e. The van der Waals surface area contributed by atoms with Crippen LogP contribution in [0.4, 0.5) is 0 Å². The Balaban J connectivity index is 0. The second kappa shape index (κ2) is 7.22. The van der Waals surface area contributed by atoms with Gasteiger partial charge in [0.15, 0.2) is 0 Å². The molecule has 0 aromatic carbocycles. The van der Waals surface area contributed by atoms with Gasteiger partial charge in [-0.15, -0.1) is 0 Å². The number of hydrogen-bond acceptors (Lipinski definition) is 1. The van der Waals surface area contributed by atoms with Crippen molar-refractivity contribution in [2.75, 3.05) is 6.54 Å². The topological polar surface area (TPSA) is 27.1 Å². The van der Waals surface area contributed by atoms with Crippen LogP contribution < -0.4 is 51.4 Å². The van der Waals surface area contributed by atoms with Gasteiger partial charge < -0.3 is 16.6 Å². The fourth-order valence-corrected chi connectivity index (χ4v) is 0.573. The predicted octanol–water partition coefficient (Wildman–Crippen LogP) is -1.80. The molecule has 9 heavy (non-hydrogen) atoms. The molecule has 0 radical (unpaired) electrons. The Bertz CT molecular complexity index is 73.5. The zero-order valence-electron chi connectivity index (χ0n) is 6.73. The van der Waals surface area contributed by atoms with Gasteiger partial charge in [0, 0.05) is 0 Å². The van der Waals surface area contributed by atoms with E-state index in [1.165, 1.54) is 0 Å². The fraction of sp³-hybridized carbons (Fsp3) is 0.833. The summed E-state index contributed by atoms with van der Waals surface area (Å²) in [5.74, 6) is 0. The molecule has 0 unspecified atom stereocenters. The van der Waals surface area contributed by atoms with E-state index in [0.717, 1.165) is 6.54 Å². The van der Waals surface area contributed by atoms with E-state index in [2.05, 4.69) is 6.34 Å². The van der Waals surface area contributed by atoms with E-state index in [9.17, 15) is 0 Å². The first-order chi connectivity index (χ1) is 3.72. The van der Waals surface area contributed by atoms with Gasteiger partial charge in [0.1, 0.15) is 0 Å². The molecule has 0 bridgehead atoms. The molecule has 0 saturated carbocycles. The smallest absolute Gasteiger partial charge is 0.536 e. The minimum Gasteiger partial charge on any atom is -0.536 e. The van der Waals surface area contributed by atoms with E-state index in [0.29, 0.717) is 6.04 Å². The van der Waals surface area contributed by atoms with Gasteiger partial charge in [-0.1, -0.05) is 6.92 Å². The summed E-state index contributed by atoms with van der Waals surface area (Å²) in [5, 5.41) is 6.77. The Kier molecular flexibility index (Phi) is 10.2. The Morgan fingerprint density at radius 1 is 1.56 bits per heavy atom. The molecule has 0 saturated heterocycles. The quantitative estimate of drug-likeness (QED) is 0.167. The molecule has 0 spiro atoms. The second-order valence-corrected chi connectivity index (χ2v) is 1.99. The van der Waals surface area contributed by atoms with Gasteiger partial charge in [-0.3, -0.25) is 0 Å². The predicted molar refractivity (Wildman–Crippen MR) is 35.2 cm³/mol. The monoisotopic (exact) mass is 152 g/mol. The third-order valence-electron chi connectivity index (χ3n) is 1.11. The average molecular weight is 152 g/mol. The molecule has 0 heterocycles. The Morgan fingerprint density at radius 3 is 2.00 bits per heavy atom. The van der Waals surface area contributed by atoms with E-state index >= 15 is 0 Å². The summed E-state index contributed by atoms with van der Waals surface area (Å²) in [6.45, 7) is 6.98. The molecule has 3 heteroatoms. The van der Waals surface area contributed by atoms with E-state index in [1.807, 2.05) is 25.7 Å². The van der Waals surface area contributed by atoms with Crippen molar-refractivity contribution in [3.8, 4) is 0 Å². The third kappa shape index (κ3) is 5.55. The van der Waals surface area contributed by atoms with Crippen molar-refractivity contribution in [3.05, 3.63) is 0 Å². The maximum atomic E-state index is 6.77. The van der Waals surface area contributed by atoms with E-state index < -0.39 is 0 Å². The van der Waals surface area contributed by atoms with Crippen LogP contribution in [0.1, 0.15) is 20.8 Å². The van der Waals surface area contributed by atoms with Crippen molar-refractivity contribution in [2.45, 2.75) is 26.8 Å². The first-order valence-corrected chi connectivity index (χ1v) is 2.91. The van der Waals surface area contributed by atoms with Crippen molar-refractivity contribution >= 4 is 6.34 Å². The summed E-state index contributed by atoms with van der Waals surface area (Å²) in [6, 6.07) is 0.414. The maximum Gasteiger partial charge on any atom is 1.00 e. The molecular weight excluding hydrogens is 139 g/mol. The van der Waals surface area contributed by atoms with Gasteiger partial charge in [-0.2, -0.15) is 0 Å². The summed E-state index contributed by atoms with van der Waals surface area (Å²) >= 11 is 0. The molecule has 0 aromatic rings. The second-order valence-electron chi connectivity index (χ2n) is 1.99. The van der Waals surface area contributed by atoms with Crippen LogP contribution >= 0.6 is 0 Å². The van der Waals surface area contributed by atoms with Crippen molar-refractivity contribution in [1.82, 2.24) is 4.90 Å². The molecule has 2 nitrogen and oxygen atoms in total. The van der Waals surface area contributed by atoms with Crippen LogP contribution in [0.5, 0.6) is 0 Å². The molecule has 0 aliphatic carbocycles. The van der Waals surface area contributed by atoms with Crippen LogP contribution in [0.3, 0.4) is 0 Å². The molecule has 48 valence electrons. The van der Waals surface area contributed by atoms with E-state index in [4.69, 9.17) is 5.41 Å². The van der Waals surface area contributed by atoms with Crippen LogP contribution in [-0.4, -0.2) is 23.8 Å². The third-order valence-corrected chi connectivity index (χ3v) is 1.11. The molecule has 1 N–H and O–H groups in total. The van der Waals surface area contributed by atoms with Crippen LogP contribution in [0.2, 0.25) is 0 Å². The number of rotatable bonds is 3. The first kappa shape index (κ1) is 12.8. The van der Waals surface area contributed by atoms with Gasteiger partial charge >= 0.3 is 51.4 Å². The Hall–Kier alpha value is 1.11. The van der Waals surface area contributed by atoms with Crippen LogP contribution in [0.15, 0.2) is 0 Å². The van der Waals surface area contributed by atoms with Crippen molar-refractivity contribution in [2.24, 2.45) is 0 Å². The minimum atomic E-state index is 0. The summed E-state index contributed by atoms with van der Waals surface area (Å²) in [4.78, 5) is 1.83. The normalized spacial score (nSPS) is 8.44. The number of nitrogens with one attached hydrogen (secondary N) is 1. The van der Waals surface area contributed by atoms with Gasteiger partial charge in [0.2, 0.25) is 0 Å². The molecule has 0 aromatic heterocycles. The minimum absolute atomic E-state index is 0. The molecular formula is C6H13KN2. The molecule has 0 atom stereocenters. The summed E-state index contributed by atoms with van der Waals surface area (Å²) in [7, 11) is 0. The fourth-order valence-electron chi connectivity index (χ4n) is 0.573. The van der Waals surface area contributed by atoms with Crippen molar-refractivity contribution in [1.29, 1.82) is 5.41 Å².